The van der Waals surface area contributed by atoms with Crippen LogP contribution in [0, 0.1) is 27.7 Å². The molecule has 0 fully saturated rings. The van der Waals surface area contributed by atoms with Crippen molar-refractivity contribution < 1.29 is 19.1 Å². The average molecular weight is 917 g/mol. The number of ether oxygens (including phenoxy) is 2. The summed E-state index contributed by atoms with van der Waals surface area (Å²) in [4.78, 5) is 34.8. The van der Waals surface area contributed by atoms with Crippen LogP contribution in [0.4, 0.5) is 11.6 Å². The van der Waals surface area contributed by atoms with Crippen molar-refractivity contribution in [1.82, 2.24) is 40.2 Å². The fourth-order valence-electron chi connectivity index (χ4n) is 10.7. The SMILES string of the molecule is Cc1cc(N)nc(C)c1C(C)NC(=O)c1ccc2c(c1)[C@@H]1O[C@H]2c2cc(Cn3cccn3)ccc21.Cc1cc(N)nc(C)c1CNC(=O)c1ccc2c(c1)[C@H]1O[C@@H]2c2cc(Cn3cccn3)ccc21. The number of fused-ring (bicyclic) bond motifs is 16. The van der Waals surface area contributed by atoms with Crippen LogP contribution in [0.1, 0.15) is 147 Å². The van der Waals surface area contributed by atoms with Crippen LogP contribution in [0.2, 0.25) is 0 Å². The van der Waals surface area contributed by atoms with Crippen molar-refractivity contribution in [1.29, 1.82) is 0 Å². The summed E-state index contributed by atoms with van der Waals surface area (Å²) in [6.07, 6.45) is 7.05. The zero-order chi connectivity index (χ0) is 47.7. The molecule has 1 unspecified atom stereocenters. The van der Waals surface area contributed by atoms with E-state index >= 15 is 0 Å². The van der Waals surface area contributed by atoms with Crippen LogP contribution in [0.15, 0.2) is 122 Å². The molecule has 6 N–H and O–H groups in total. The van der Waals surface area contributed by atoms with Gasteiger partial charge in [-0.2, -0.15) is 10.2 Å². The summed E-state index contributed by atoms with van der Waals surface area (Å²) in [5, 5.41) is 14.8. The molecule has 0 spiro atoms. The lowest BCUT2D eigenvalue weighted by atomic mass is 9.84. The maximum Gasteiger partial charge on any atom is 0.251 e. The highest BCUT2D eigenvalue weighted by Gasteiger charge is 2.44. The van der Waals surface area contributed by atoms with E-state index in [9.17, 15) is 9.59 Å². The first-order valence-electron chi connectivity index (χ1n) is 23.2. The molecular weight excluding hydrogens is 865 g/mol. The summed E-state index contributed by atoms with van der Waals surface area (Å²) in [5.41, 5.74) is 30.2. The Kier molecular flexibility index (Phi) is 10.9. The molecule has 2 amide bonds. The normalized spacial score (nSPS) is 17.9. The van der Waals surface area contributed by atoms with Crippen molar-refractivity contribution in [3.05, 3.63) is 222 Å². The second-order valence-electron chi connectivity index (χ2n) is 18.5. The molecule has 4 bridgehead atoms. The number of nitrogens with one attached hydrogen (secondary N) is 2. The minimum atomic E-state index is -0.189. The molecule has 5 atom stereocenters. The average Bonchev–Trinajstić information content (AvgIpc) is 4.20. The van der Waals surface area contributed by atoms with E-state index in [-0.39, 0.29) is 42.3 Å². The van der Waals surface area contributed by atoms with Crippen LogP contribution in [0.25, 0.3) is 0 Å². The van der Waals surface area contributed by atoms with Gasteiger partial charge in [0.05, 0.1) is 19.1 Å². The Balaban J connectivity index is 0.000000151. The number of aromatic nitrogens is 6. The molecule has 4 aliphatic rings. The maximum absolute atomic E-state index is 13.2. The van der Waals surface area contributed by atoms with Crippen LogP contribution >= 0.6 is 0 Å². The number of hydrogen-bond donors (Lipinski definition) is 4. The molecule has 0 radical (unpaired) electrons. The maximum atomic E-state index is 13.2. The number of anilines is 2. The van der Waals surface area contributed by atoms with Crippen molar-refractivity contribution in [3.63, 3.8) is 0 Å². The van der Waals surface area contributed by atoms with Gasteiger partial charge in [-0.3, -0.25) is 19.0 Å². The molecule has 4 aromatic carbocycles. The van der Waals surface area contributed by atoms with Crippen LogP contribution in [0.3, 0.4) is 0 Å². The highest BCUT2D eigenvalue weighted by Crippen LogP contribution is 2.55. The topological polar surface area (TPSA) is 190 Å². The van der Waals surface area contributed by atoms with Gasteiger partial charge < -0.3 is 31.6 Å². The number of nitrogen functional groups attached to an aromatic ring is 2. The first-order chi connectivity index (χ1) is 33.4. The third-order valence-corrected chi connectivity index (χ3v) is 13.9. The third-order valence-electron chi connectivity index (χ3n) is 13.9. The monoisotopic (exact) mass is 916 g/mol. The summed E-state index contributed by atoms with van der Waals surface area (Å²) in [6, 6.07) is 32.1. The summed E-state index contributed by atoms with van der Waals surface area (Å²) in [5.74, 6) is 0.752. The molecule has 4 aromatic heterocycles. The number of carbonyl (C=O) groups is 2. The molecule has 0 aliphatic carbocycles. The highest BCUT2D eigenvalue weighted by atomic mass is 16.5. The lowest BCUT2D eigenvalue weighted by molar-refractivity contribution is 0.0855. The lowest BCUT2D eigenvalue weighted by Crippen LogP contribution is -2.28. The van der Waals surface area contributed by atoms with Crippen LogP contribution in [-0.2, 0) is 29.1 Å². The second-order valence-corrected chi connectivity index (χ2v) is 18.5. The summed E-state index contributed by atoms with van der Waals surface area (Å²) in [7, 11) is 0. The quantitative estimate of drug-likeness (QED) is 0.104. The number of rotatable bonds is 10. The minimum Gasteiger partial charge on any atom is -0.384 e. The fraction of sp³-hybridized carbons (Fsp3) is 0.236. The second kappa shape index (κ2) is 17.3. The summed E-state index contributed by atoms with van der Waals surface area (Å²) >= 11 is 0. The van der Waals surface area contributed by atoms with E-state index in [4.69, 9.17) is 20.9 Å². The molecular formula is C55H52N10O4. The first-order valence-corrected chi connectivity index (χ1v) is 23.2. The molecule has 14 heteroatoms. The minimum absolute atomic E-state index is 0.0872. The number of carbonyl (C=O) groups excluding carboxylic acids is 2. The van der Waals surface area contributed by atoms with Crippen molar-refractivity contribution in [3.8, 4) is 0 Å². The third kappa shape index (κ3) is 8.00. The largest absolute Gasteiger partial charge is 0.384 e. The smallest absolute Gasteiger partial charge is 0.251 e. The lowest BCUT2D eigenvalue weighted by Gasteiger charge is -2.20. The molecule has 14 nitrogen and oxygen atoms in total. The molecule has 8 heterocycles. The van der Waals surface area contributed by atoms with E-state index in [0.29, 0.717) is 29.3 Å². The van der Waals surface area contributed by atoms with E-state index < -0.39 is 0 Å². The Morgan fingerprint density at radius 3 is 1.54 bits per heavy atom. The van der Waals surface area contributed by atoms with Gasteiger partial charge in [-0.15, -0.1) is 0 Å². The van der Waals surface area contributed by atoms with Gasteiger partial charge in [0.25, 0.3) is 11.8 Å². The van der Waals surface area contributed by atoms with Gasteiger partial charge in [-0.1, -0.05) is 48.5 Å². The number of nitrogens with two attached hydrogens (primary N) is 2. The molecule has 0 saturated carbocycles. The summed E-state index contributed by atoms with van der Waals surface area (Å²) in [6.45, 7) is 11.6. The molecule has 346 valence electrons. The van der Waals surface area contributed by atoms with Gasteiger partial charge in [0.1, 0.15) is 36.1 Å². The van der Waals surface area contributed by atoms with Crippen molar-refractivity contribution in [2.45, 2.75) is 84.7 Å². The number of aryl methyl sites for hydroxylation is 4. The van der Waals surface area contributed by atoms with Gasteiger partial charge in [-0.05, 0) is 161 Å². The number of benzene rings is 4. The van der Waals surface area contributed by atoms with E-state index in [1.165, 1.54) is 33.4 Å². The Bertz CT molecular complexity index is 3280. The number of pyridine rings is 2. The van der Waals surface area contributed by atoms with Gasteiger partial charge in [0.2, 0.25) is 0 Å². The van der Waals surface area contributed by atoms with E-state index in [1.807, 2.05) is 117 Å². The van der Waals surface area contributed by atoms with Crippen molar-refractivity contribution in [2.75, 3.05) is 11.5 Å². The molecule has 69 heavy (non-hydrogen) atoms. The van der Waals surface area contributed by atoms with Gasteiger partial charge in [0.15, 0.2) is 0 Å². The Morgan fingerprint density at radius 2 is 1.06 bits per heavy atom. The first kappa shape index (κ1) is 43.6. The van der Waals surface area contributed by atoms with Crippen LogP contribution < -0.4 is 22.1 Å². The van der Waals surface area contributed by atoms with E-state index in [2.05, 4.69) is 67.2 Å². The Hall–Kier alpha value is -7.94. The summed E-state index contributed by atoms with van der Waals surface area (Å²) < 4.78 is 16.5. The van der Waals surface area contributed by atoms with Gasteiger partial charge in [0, 0.05) is 53.8 Å². The van der Waals surface area contributed by atoms with Crippen molar-refractivity contribution >= 4 is 23.5 Å². The molecule has 0 saturated heterocycles. The highest BCUT2D eigenvalue weighted by molar-refractivity contribution is 5.95. The Morgan fingerprint density at radius 1 is 0.594 bits per heavy atom. The number of amides is 2. The standard InChI is InChI=1S/C28H27N5O2.C27H25N5O2/c1-15-11-24(29)31-16(2)25(15)17(3)32-28(34)19-6-8-21-23(13-19)27-20-7-5-18(12-22(20)26(21)35-27)14-33-10-4-9-30-33;1-15-10-24(28)31-16(2)23(15)13-29-27(33)18-5-7-20-22(12-18)26-19-6-4-17(11-21(19)25(20)34-26)14-32-9-3-8-30-32/h4-13,17,26-27H,14H2,1-3H3,(H2,29,31)(H,32,34);3-12,25-26H,13-14H2,1-2H3,(H2,28,31)(H,29,33)/t17?,26-,27-;25-,26-/m10/s1. The predicted octanol–water partition coefficient (Wildman–Crippen LogP) is 8.52. The predicted molar refractivity (Wildman–Crippen MR) is 261 cm³/mol. The van der Waals surface area contributed by atoms with Gasteiger partial charge >= 0.3 is 0 Å². The zero-order valence-electron chi connectivity index (χ0n) is 39.0. The number of nitrogens with zero attached hydrogens (tertiary/aromatic N) is 6. The van der Waals surface area contributed by atoms with E-state index in [1.54, 1.807) is 12.4 Å². The van der Waals surface area contributed by atoms with E-state index in [0.717, 1.165) is 69.0 Å². The van der Waals surface area contributed by atoms with Crippen LogP contribution in [0.5, 0.6) is 0 Å². The fourth-order valence-corrected chi connectivity index (χ4v) is 10.7. The molecule has 4 aliphatic heterocycles. The Labute approximate surface area is 399 Å². The number of hydrogen-bond acceptors (Lipinski definition) is 10. The molecule has 12 rings (SSSR count). The van der Waals surface area contributed by atoms with Crippen LogP contribution in [-0.4, -0.2) is 41.3 Å². The van der Waals surface area contributed by atoms with Crippen molar-refractivity contribution in [2.24, 2.45) is 0 Å². The molecule has 8 aromatic rings. The zero-order valence-corrected chi connectivity index (χ0v) is 39.0. The van der Waals surface area contributed by atoms with Gasteiger partial charge in [-0.25, -0.2) is 9.97 Å².